The van der Waals surface area contributed by atoms with Gasteiger partial charge in [0.2, 0.25) is 0 Å². The Hall–Kier alpha value is -4.53. The molecule has 3 aromatic carbocycles. The van der Waals surface area contributed by atoms with E-state index in [9.17, 15) is 9.90 Å². The van der Waals surface area contributed by atoms with E-state index in [1.165, 1.54) is 0 Å². The second-order valence-electron chi connectivity index (χ2n) is 9.72. The van der Waals surface area contributed by atoms with Crippen molar-refractivity contribution in [3.05, 3.63) is 77.9 Å². The van der Waals surface area contributed by atoms with Crippen LogP contribution in [0, 0.1) is 0 Å². The number of hydrogen-bond acceptors (Lipinski definition) is 6. The van der Waals surface area contributed by atoms with Gasteiger partial charge < -0.3 is 9.84 Å². The van der Waals surface area contributed by atoms with Crippen LogP contribution in [0.1, 0.15) is 43.6 Å². The van der Waals surface area contributed by atoms with Gasteiger partial charge in [-0.25, -0.2) is 9.48 Å². The van der Waals surface area contributed by atoms with Crippen molar-refractivity contribution >= 4 is 17.0 Å². The van der Waals surface area contributed by atoms with Gasteiger partial charge in [0.05, 0.1) is 35.3 Å². The van der Waals surface area contributed by atoms with E-state index in [0.29, 0.717) is 36.0 Å². The average Bonchev–Trinajstić information content (AvgIpc) is 3.50. The number of para-hydroxylation sites is 1. The Labute approximate surface area is 214 Å². The van der Waals surface area contributed by atoms with E-state index in [2.05, 4.69) is 59.5 Å². The Morgan fingerprint density at radius 3 is 2.38 bits per heavy atom. The Balaban J connectivity index is 1.53. The first-order valence-electron chi connectivity index (χ1n) is 12.1. The molecule has 0 aliphatic carbocycles. The van der Waals surface area contributed by atoms with Crippen molar-refractivity contribution in [3.63, 3.8) is 0 Å². The first-order chi connectivity index (χ1) is 17.8. The van der Waals surface area contributed by atoms with Crippen molar-refractivity contribution in [1.29, 1.82) is 0 Å². The lowest BCUT2D eigenvalue weighted by molar-refractivity contribution is 0.0698. The number of carboxylic acid groups (broad SMARTS) is 1. The molecule has 0 saturated heterocycles. The molecule has 9 nitrogen and oxygen atoms in total. The van der Waals surface area contributed by atoms with Crippen molar-refractivity contribution in [3.8, 4) is 28.5 Å². The summed E-state index contributed by atoms with van der Waals surface area (Å²) in [6.45, 7) is 8.92. The van der Waals surface area contributed by atoms with Crippen LogP contribution in [0.25, 0.3) is 33.5 Å². The van der Waals surface area contributed by atoms with Gasteiger partial charge in [0.25, 0.3) is 6.01 Å². The number of carboxylic acids is 1. The van der Waals surface area contributed by atoms with E-state index in [4.69, 9.17) is 4.74 Å². The molecule has 0 unspecified atom stereocenters. The highest BCUT2D eigenvalue weighted by Gasteiger charge is 2.23. The lowest BCUT2D eigenvalue weighted by Gasteiger charge is -2.21. The summed E-state index contributed by atoms with van der Waals surface area (Å²) in [6, 6.07) is 21.7. The molecule has 5 aromatic rings. The van der Waals surface area contributed by atoms with Crippen molar-refractivity contribution in [2.75, 3.05) is 6.61 Å². The molecule has 5 rings (SSSR count). The molecule has 2 aromatic heterocycles. The van der Waals surface area contributed by atoms with Gasteiger partial charge in [-0.3, -0.25) is 4.57 Å². The van der Waals surface area contributed by atoms with Crippen LogP contribution in [0.2, 0.25) is 0 Å². The zero-order valence-corrected chi connectivity index (χ0v) is 21.2. The average molecular weight is 497 g/mol. The standard InChI is InChI=1S/C28H28N6O3/c1-5-37-27-29-23-12-8-11-22(26(35)36)24(23)33(27)17-18-13-15-19(16-14-18)20-9-6-7-10-21(20)25-30-31-32-34(25)28(2,3)4/h6-16H,5,17H2,1-4H3,(H,35,36). The van der Waals surface area contributed by atoms with Crippen LogP contribution < -0.4 is 4.74 Å². The van der Waals surface area contributed by atoms with Crippen molar-refractivity contribution in [2.24, 2.45) is 0 Å². The molecule has 2 heterocycles. The highest BCUT2D eigenvalue weighted by atomic mass is 16.5. The highest BCUT2D eigenvalue weighted by Crippen LogP contribution is 2.33. The molecule has 188 valence electrons. The summed E-state index contributed by atoms with van der Waals surface area (Å²) >= 11 is 0. The summed E-state index contributed by atoms with van der Waals surface area (Å²) in [7, 11) is 0. The van der Waals surface area contributed by atoms with Gasteiger partial charge in [0, 0.05) is 5.56 Å². The van der Waals surface area contributed by atoms with E-state index in [1.54, 1.807) is 18.2 Å². The van der Waals surface area contributed by atoms with E-state index in [0.717, 1.165) is 22.3 Å². The molecule has 37 heavy (non-hydrogen) atoms. The molecule has 0 aliphatic heterocycles. The Morgan fingerprint density at radius 1 is 0.973 bits per heavy atom. The molecule has 0 atom stereocenters. The third-order valence-corrected chi connectivity index (χ3v) is 6.11. The number of rotatable bonds is 7. The topological polar surface area (TPSA) is 108 Å². The minimum atomic E-state index is -1.00. The third-order valence-electron chi connectivity index (χ3n) is 6.11. The van der Waals surface area contributed by atoms with Crippen LogP contribution in [-0.4, -0.2) is 47.4 Å². The quantitative estimate of drug-likeness (QED) is 0.327. The first-order valence-corrected chi connectivity index (χ1v) is 12.1. The van der Waals surface area contributed by atoms with E-state index in [1.807, 2.05) is 46.5 Å². The number of carbonyl (C=O) groups is 1. The number of benzene rings is 3. The second-order valence-corrected chi connectivity index (χ2v) is 9.72. The van der Waals surface area contributed by atoms with Crippen LogP contribution >= 0.6 is 0 Å². The Bertz CT molecular complexity index is 1580. The van der Waals surface area contributed by atoms with Crippen LogP contribution in [0.5, 0.6) is 6.01 Å². The van der Waals surface area contributed by atoms with Gasteiger partial charge in [-0.05, 0) is 66.9 Å². The van der Waals surface area contributed by atoms with Gasteiger partial charge in [0.15, 0.2) is 5.82 Å². The maximum atomic E-state index is 11.9. The summed E-state index contributed by atoms with van der Waals surface area (Å²) in [5.74, 6) is -0.293. The molecule has 0 bridgehead atoms. The SMILES string of the molecule is CCOc1nc2cccc(C(=O)O)c2n1Cc1ccc(-c2ccccc2-c2nnnn2C(C)(C)C)cc1. The fraction of sp³-hybridized carbons (Fsp3) is 0.250. The molecule has 0 fully saturated rings. The summed E-state index contributed by atoms with van der Waals surface area (Å²) in [5, 5.41) is 22.2. The highest BCUT2D eigenvalue weighted by molar-refractivity contribution is 6.01. The van der Waals surface area contributed by atoms with Crippen LogP contribution in [-0.2, 0) is 12.1 Å². The fourth-order valence-corrected chi connectivity index (χ4v) is 4.43. The zero-order chi connectivity index (χ0) is 26.2. The normalized spacial score (nSPS) is 11.7. The van der Waals surface area contributed by atoms with Crippen LogP contribution in [0.4, 0.5) is 0 Å². The third kappa shape index (κ3) is 4.55. The van der Waals surface area contributed by atoms with Crippen LogP contribution in [0.3, 0.4) is 0 Å². The predicted molar refractivity (Wildman–Crippen MR) is 141 cm³/mol. The lowest BCUT2D eigenvalue weighted by atomic mass is 9.97. The summed E-state index contributed by atoms with van der Waals surface area (Å²) < 4.78 is 9.41. The monoisotopic (exact) mass is 496 g/mol. The van der Waals surface area contributed by atoms with Crippen molar-refractivity contribution < 1.29 is 14.6 Å². The van der Waals surface area contributed by atoms with E-state index < -0.39 is 5.97 Å². The summed E-state index contributed by atoms with van der Waals surface area (Å²) in [6.07, 6.45) is 0. The maximum Gasteiger partial charge on any atom is 0.337 e. The van der Waals surface area contributed by atoms with Gasteiger partial charge >= 0.3 is 5.97 Å². The number of hydrogen-bond donors (Lipinski definition) is 1. The van der Waals surface area contributed by atoms with Gasteiger partial charge in [-0.2, -0.15) is 4.98 Å². The van der Waals surface area contributed by atoms with Crippen molar-refractivity contribution in [2.45, 2.75) is 39.8 Å². The number of aromatic nitrogens is 6. The number of nitrogens with zero attached hydrogens (tertiary/aromatic N) is 6. The number of imidazole rings is 1. The smallest absolute Gasteiger partial charge is 0.337 e. The van der Waals surface area contributed by atoms with E-state index in [-0.39, 0.29) is 11.1 Å². The molecule has 0 aliphatic rings. The second kappa shape index (κ2) is 9.50. The maximum absolute atomic E-state index is 11.9. The van der Waals surface area contributed by atoms with Gasteiger partial charge in [0.1, 0.15) is 0 Å². The Morgan fingerprint density at radius 2 is 1.70 bits per heavy atom. The fourth-order valence-electron chi connectivity index (χ4n) is 4.43. The first kappa shape index (κ1) is 24.2. The zero-order valence-electron chi connectivity index (χ0n) is 21.2. The summed E-state index contributed by atoms with van der Waals surface area (Å²) in [5.41, 5.74) is 5.03. The molecule has 0 spiro atoms. The molecular formula is C28H28N6O3. The van der Waals surface area contributed by atoms with E-state index >= 15 is 0 Å². The molecule has 9 heteroatoms. The molecule has 1 N–H and O–H groups in total. The van der Waals surface area contributed by atoms with Crippen LogP contribution in [0.15, 0.2) is 66.7 Å². The van der Waals surface area contributed by atoms with Gasteiger partial charge in [-0.15, -0.1) is 5.10 Å². The number of tetrazole rings is 1. The minimum Gasteiger partial charge on any atom is -0.478 e. The predicted octanol–water partition coefficient (Wildman–Crippen LogP) is 5.26. The molecule has 0 radical (unpaired) electrons. The summed E-state index contributed by atoms with van der Waals surface area (Å²) in [4.78, 5) is 16.4. The number of fused-ring (bicyclic) bond motifs is 1. The van der Waals surface area contributed by atoms with Gasteiger partial charge in [-0.1, -0.05) is 54.6 Å². The minimum absolute atomic E-state index is 0.193. The number of aromatic carboxylic acids is 1. The molecule has 0 saturated carbocycles. The lowest BCUT2D eigenvalue weighted by Crippen LogP contribution is -2.24. The molecular weight excluding hydrogens is 468 g/mol. The molecule has 0 amide bonds. The largest absolute Gasteiger partial charge is 0.478 e. The van der Waals surface area contributed by atoms with Crippen molar-refractivity contribution in [1.82, 2.24) is 29.8 Å². The Kier molecular flexibility index (Phi) is 6.20. The number of ether oxygens (including phenoxy) is 1.